The van der Waals surface area contributed by atoms with E-state index in [4.69, 9.17) is 23.1 Å². The molecule has 0 saturated heterocycles. The second kappa shape index (κ2) is 7.99. The van der Waals surface area contributed by atoms with Crippen molar-refractivity contribution in [2.75, 3.05) is 17.2 Å². The standard InChI is InChI=1S/C13H16ClN7O2S/c1-6-9(14)13(24-21-6)20-12-10(11(16)23)17-5-8(19-12)18-7(4-15)2-3-22/h3,5,7H,2,4,15H2,1H3,(H2,16,23)(H2,18,19,20). The Morgan fingerprint density at radius 3 is 2.83 bits per heavy atom. The van der Waals surface area contributed by atoms with Gasteiger partial charge in [0, 0.05) is 19.0 Å². The van der Waals surface area contributed by atoms with E-state index >= 15 is 0 Å². The van der Waals surface area contributed by atoms with Crippen molar-refractivity contribution in [1.82, 2.24) is 14.3 Å². The molecule has 9 nitrogen and oxygen atoms in total. The van der Waals surface area contributed by atoms with Gasteiger partial charge in [-0.25, -0.2) is 9.97 Å². The molecule has 2 rings (SSSR count). The number of carbonyl (C=O) groups is 2. The Kier molecular flexibility index (Phi) is 6.01. The molecule has 0 saturated carbocycles. The number of nitrogens with one attached hydrogen (secondary N) is 2. The molecule has 24 heavy (non-hydrogen) atoms. The summed E-state index contributed by atoms with van der Waals surface area (Å²) in [5, 5.41) is 6.84. The number of amides is 1. The van der Waals surface area contributed by atoms with Crippen LogP contribution < -0.4 is 22.1 Å². The fraction of sp³-hybridized carbons (Fsp3) is 0.308. The molecule has 0 fully saturated rings. The maximum Gasteiger partial charge on any atom is 0.271 e. The van der Waals surface area contributed by atoms with Crippen molar-refractivity contribution in [2.24, 2.45) is 11.5 Å². The third-order valence-corrected chi connectivity index (χ3v) is 4.47. The molecule has 0 bridgehead atoms. The summed E-state index contributed by atoms with van der Waals surface area (Å²) in [6.07, 6.45) is 2.32. The zero-order chi connectivity index (χ0) is 17.7. The van der Waals surface area contributed by atoms with Crippen LogP contribution in [-0.4, -0.2) is 39.1 Å². The number of aldehydes is 1. The Labute approximate surface area is 147 Å². The molecule has 0 aromatic carbocycles. The molecule has 2 aromatic rings. The third-order valence-electron chi connectivity index (χ3n) is 3.05. The van der Waals surface area contributed by atoms with Crippen LogP contribution >= 0.6 is 23.1 Å². The summed E-state index contributed by atoms with van der Waals surface area (Å²) >= 11 is 7.25. The van der Waals surface area contributed by atoms with Crippen molar-refractivity contribution in [3.63, 3.8) is 0 Å². The van der Waals surface area contributed by atoms with Crippen molar-refractivity contribution in [1.29, 1.82) is 0 Å². The van der Waals surface area contributed by atoms with Gasteiger partial charge in [0.1, 0.15) is 17.1 Å². The monoisotopic (exact) mass is 369 g/mol. The molecular weight excluding hydrogens is 354 g/mol. The maximum absolute atomic E-state index is 11.5. The molecule has 1 unspecified atom stereocenters. The molecule has 0 aliphatic carbocycles. The van der Waals surface area contributed by atoms with Gasteiger partial charge in [-0.05, 0) is 18.5 Å². The summed E-state index contributed by atoms with van der Waals surface area (Å²) in [5.41, 5.74) is 11.5. The first-order chi connectivity index (χ1) is 11.5. The lowest BCUT2D eigenvalue weighted by Gasteiger charge is -2.16. The molecule has 1 amide bonds. The lowest BCUT2D eigenvalue weighted by atomic mass is 10.2. The van der Waals surface area contributed by atoms with Crippen LogP contribution in [0.2, 0.25) is 5.02 Å². The summed E-state index contributed by atoms with van der Waals surface area (Å²) in [4.78, 5) is 30.5. The van der Waals surface area contributed by atoms with Gasteiger partial charge in [0.15, 0.2) is 11.5 Å². The molecule has 2 aromatic heterocycles. The van der Waals surface area contributed by atoms with Crippen molar-refractivity contribution >= 4 is 52.0 Å². The predicted octanol–water partition coefficient (Wildman–Crippen LogP) is 1.07. The number of rotatable bonds is 8. The molecule has 1 atom stereocenters. The highest BCUT2D eigenvalue weighted by Gasteiger charge is 2.17. The Morgan fingerprint density at radius 1 is 1.54 bits per heavy atom. The van der Waals surface area contributed by atoms with Crippen LogP contribution in [0.1, 0.15) is 22.6 Å². The number of hydrogen-bond acceptors (Lipinski definition) is 9. The first-order valence-electron chi connectivity index (χ1n) is 6.92. The lowest BCUT2D eigenvalue weighted by Crippen LogP contribution is -2.30. The average molecular weight is 370 g/mol. The maximum atomic E-state index is 11.5. The summed E-state index contributed by atoms with van der Waals surface area (Å²) in [6.45, 7) is 1.99. The van der Waals surface area contributed by atoms with Crippen LogP contribution in [0, 0.1) is 6.92 Å². The van der Waals surface area contributed by atoms with Gasteiger partial charge in [0.2, 0.25) is 0 Å². The van der Waals surface area contributed by atoms with Crippen molar-refractivity contribution in [3.05, 3.63) is 22.6 Å². The smallest absolute Gasteiger partial charge is 0.271 e. The second-order valence-electron chi connectivity index (χ2n) is 4.83. The number of aryl methyl sites for hydroxylation is 1. The van der Waals surface area contributed by atoms with E-state index < -0.39 is 5.91 Å². The van der Waals surface area contributed by atoms with E-state index in [1.54, 1.807) is 6.92 Å². The predicted molar refractivity (Wildman–Crippen MR) is 92.8 cm³/mol. The first kappa shape index (κ1) is 18.0. The van der Waals surface area contributed by atoms with E-state index in [1.165, 1.54) is 6.20 Å². The summed E-state index contributed by atoms with van der Waals surface area (Å²) in [7, 11) is 0. The summed E-state index contributed by atoms with van der Waals surface area (Å²) < 4.78 is 4.11. The minimum atomic E-state index is -0.739. The van der Waals surface area contributed by atoms with Crippen LogP contribution in [0.5, 0.6) is 0 Å². The van der Waals surface area contributed by atoms with Gasteiger partial charge in [-0.1, -0.05) is 11.6 Å². The van der Waals surface area contributed by atoms with Crippen LogP contribution in [-0.2, 0) is 4.79 Å². The fourth-order valence-corrected chi connectivity index (χ4v) is 2.74. The van der Waals surface area contributed by atoms with E-state index in [0.717, 1.165) is 17.8 Å². The molecule has 2 heterocycles. The number of nitrogens with zero attached hydrogens (tertiary/aromatic N) is 3. The van der Waals surface area contributed by atoms with Crippen molar-refractivity contribution in [2.45, 2.75) is 19.4 Å². The second-order valence-corrected chi connectivity index (χ2v) is 5.98. The normalized spacial score (nSPS) is 11.8. The third kappa shape index (κ3) is 4.16. The van der Waals surface area contributed by atoms with Crippen LogP contribution in [0.4, 0.5) is 16.6 Å². The molecule has 11 heteroatoms. The molecular formula is C13H16ClN7O2S. The SMILES string of the molecule is Cc1nsc(Nc2nc(NC(CN)CC=O)cnc2C(N)=O)c1Cl. The highest BCUT2D eigenvalue weighted by Crippen LogP contribution is 2.32. The number of carbonyl (C=O) groups excluding carboxylic acids is 2. The van der Waals surface area contributed by atoms with Gasteiger partial charge in [0.25, 0.3) is 5.91 Å². The van der Waals surface area contributed by atoms with Gasteiger partial charge >= 0.3 is 0 Å². The molecule has 128 valence electrons. The summed E-state index contributed by atoms with van der Waals surface area (Å²) in [6, 6.07) is -0.293. The number of hydrogen-bond donors (Lipinski definition) is 4. The number of halogens is 1. The van der Waals surface area contributed by atoms with Gasteiger partial charge < -0.3 is 26.9 Å². The molecule has 0 spiro atoms. The average Bonchev–Trinajstić information content (AvgIpc) is 2.86. The number of nitrogens with two attached hydrogens (primary N) is 2. The van der Waals surface area contributed by atoms with Crippen LogP contribution in [0.25, 0.3) is 0 Å². The number of primary amides is 1. The Hall–Kier alpha value is -2.30. The van der Waals surface area contributed by atoms with E-state index in [9.17, 15) is 9.59 Å². The molecule has 6 N–H and O–H groups in total. The van der Waals surface area contributed by atoms with Crippen LogP contribution in [0.15, 0.2) is 6.20 Å². The quantitative estimate of drug-likeness (QED) is 0.504. The van der Waals surface area contributed by atoms with E-state index in [0.29, 0.717) is 21.5 Å². The number of aromatic nitrogens is 3. The Balaban J connectivity index is 2.32. The summed E-state index contributed by atoms with van der Waals surface area (Å²) in [5.74, 6) is -0.255. The molecule has 0 radical (unpaired) electrons. The van der Waals surface area contributed by atoms with Gasteiger partial charge in [-0.15, -0.1) is 0 Å². The van der Waals surface area contributed by atoms with E-state index in [2.05, 4.69) is 25.0 Å². The van der Waals surface area contributed by atoms with Gasteiger partial charge in [-0.2, -0.15) is 4.37 Å². The Bertz CT molecular complexity index is 752. The molecule has 0 aliphatic heterocycles. The van der Waals surface area contributed by atoms with Crippen molar-refractivity contribution in [3.8, 4) is 0 Å². The minimum absolute atomic E-state index is 0.0395. The topological polar surface area (TPSA) is 149 Å². The first-order valence-corrected chi connectivity index (χ1v) is 8.07. The largest absolute Gasteiger partial charge is 0.364 e. The van der Waals surface area contributed by atoms with E-state index in [-0.39, 0.29) is 30.5 Å². The highest BCUT2D eigenvalue weighted by molar-refractivity contribution is 7.11. The minimum Gasteiger partial charge on any atom is -0.364 e. The zero-order valence-electron chi connectivity index (χ0n) is 12.7. The highest BCUT2D eigenvalue weighted by atomic mass is 35.5. The number of anilines is 3. The van der Waals surface area contributed by atoms with Gasteiger partial charge in [-0.3, -0.25) is 4.79 Å². The Morgan fingerprint density at radius 2 is 2.29 bits per heavy atom. The van der Waals surface area contributed by atoms with Crippen LogP contribution in [0.3, 0.4) is 0 Å². The lowest BCUT2D eigenvalue weighted by molar-refractivity contribution is -0.108. The van der Waals surface area contributed by atoms with E-state index in [1.807, 2.05) is 0 Å². The molecule has 0 aliphatic rings. The zero-order valence-corrected chi connectivity index (χ0v) is 14.3. The fourth-order valence-electron chi connectivity index (χ4n) is 1.81. The van der Waals surface area contributed by atoms with Gasteiger partial charge in [0.05, 0.1) is 16.9 Å². The van der Waals surface area contributed by atoms with Crippen molar-refractivity contribution < 1.29 is 9.59 Å².